The van der Waals surface area contributed by atoms with Crippen LogP contribution in [0.25, 0.3) is 17.0 Å². The number of likely N-dealkylation sites (tertiary alicyclic amines) is 2. The van der Waals surface area contributed by atoms with Gasteiger partial charge in [-0.3, -0.25) is 4.79 Å². The molecule has 0 unspecified atom stereocenters. The number of methoxy groups -OCH3 is 1. The molecule has 0 saturated carbocycles. The minimum Gasteiger partial charge on any atom is -0.504 e. The predicted octanol–water partition coefficient (Wildman–Crippen LogP) is 5.01. The molecule has 35 heavy (non-hydrogen) atoms. The van der Waals surface area contributed by atoms with Crippen LogP contribution in [0.15, 0.2) is 54.7 Å². The van der Waals surface area contributed by atoms with Gasteiger partial charge in [-0.2, -0.15) is 0 Å². The van der Waals surface area contributed by atoms with Gasteiger partial charge in [0.05, 0.1) is 7.11 Å². The van der Waals surface area contributed by atoms with Crippen LogP contribution in [0.5, 0.6) is 11.5 Å². The number of benzene rings is 2. The smallest absolute Gasteiger partial charge is 0.246 e. The van der Waals surface area contributed by atoms with Gasteiger partial charge in [0.2, 0.25) is 5.91 Å². The Morgan fingerprint density at radius 1 is 1.09 bits per heavy atom. The lowest BCUT2D eigenvalue weighted by Crippen LogP contribution is -2.42. The van der Waals surface area contributed by atoms with Gasteiger partial charge in [-0.05, 0) is 86.0 Å². The molecule has 5 rings (SSSR count). The van der Waals surface area contributed by atoms with E-state index >= 15 is 0 Å². The average molecular weight is 474 g/mol. The number of aromatic amines is 1. The Morgan fingerprint density at radius 2 is 1.86 bits per heavy atom. The van der Waals surface area contributed by atoms with Crippen molar-refractivity contribution in [3.8, 4) is 11.5 Å². The normalized spacial score (nSPS) is 18.5. The van der Waals surface area contributed by atoms with Gasteiger partial charge in [-0.15, -0.1) is 0 Å². The molecule has 2 fully saturated rings. The molecule has 0 spiro atoms. The van der Waals surface area contributed by atoms with Crippen LogP contribution in [0, 0.1) is 5.92 Å². The minimum absolute atomic E-state index is 0.0510. The van der Waals surface area contributed by atoms with Crippen molar-refractivity contribution in [2.45, 2.75) is 31.6 Å². The fourth-order valence-corrected chi connectivity index (χ4v) is 5.63. The van der Waals surface area contributed by atoms with Crippen LogP contribution >= 0.6 is 0 Å². The number of rotatable bonds is 6. The Hall–Kier alpha value is -3.25. The Labute approximate surface area is 207 Å². The Bertz CT molecular complexity index is 1180. The van der Waals surface area contributed by atoms with Crippen LogP contribution in [0.1, 0.15) is 42.7 Å². The molecule has 0 atom stereocenters. The zero-order valence-electron chi connectivity index (χ0n) is 20.5. The molecule has 184 valence electrons. The Kier molecular flexibility index (Phi) is 7.09. The van der Waals surface area contributed by atoms with Crippen LogP contribution in [0.2, 0.25) is 0 Å². The van der Waals surface area contributed by atoms with Crippen molar-refractivity contribution in [2.24, 2.45) is 5.92 Å². The first kappa shape index (κ1) is 23.5. The molecular formula is C29H35N3O3. The molecule has 2 aliphatic heterocycles. The number of para-hydroxylation sites is 1. The first-order chi connectivity index (χ1) is 17.1. The third kappa shape index (κ3) is 5.38. The summed E-state index contributed by atoms with van der Waals surface area (Å²) in [5, 5.41) is 11.1. The number of nitrogens with one attached hydrogen (secondary N) is 1. The number of phenolic OH excluding ortho intramolecular Hbond substituents is 1. The molecule has 1 aromatic heterocycles. The van der Waals surface area contributed by atoms with Gasteiger partial charge in [0.25, 0.3) is 0 Å². The molecule has 6 heteroatoms. The third-order valence-electron chi connectivity index (χ3n) is 7.71. The number of carbonyl (C=O) groups is 1. The summed E-state index contributed by atoms with van der Waals surface area (Å²) < 4.78 is 5.14. The topological polar surface area (TPSA) is 68.8 Å². The minimum atomic E-state index is 0.0510. The molecule has 2 N–H and O–H groups in total. The lowest BCUT2D eigenvalue weighted by Gasteiger charge is -2.37. The van der Waals surface area contributed by atoms with Crippen molar-refractivity contribution in [3.63, 3.8) is 0 Å². The SMILES string of the molecule is COc1cc(/C=C/C(=O)N2CCC(CN3CCC(c4c[nH]c5ccccc45)CC3)CC2)ccc1O. The molecule has 2 aliphatic rings. The van der Waals surface area contributed by atoms with E-state index in [1.54, 1.807) is 30.4 Å². The maximum Gasteiger partial charge on any atom is 0.246 e. The molecule has 6 nitrogen and oxygen atoms in total. The van der Waals surface area contributed by atoms with E-state index in [4.69, 9.17) is 4.74 Å². The van der Waals surface area contributed by atoms with Gasteiger partial charge in [0, 0.05) is 42.8 Å². The van der Waals surface area contributed by atoms with Crippen LogP contribution in [-0.4, -0.2) is 65.6 Å². The first-order valence-corrected chi connectivity index (χ1v) is 12.7. The van der Waals surface area contributed by atoms with Crippen molar-refractivity contribution >= 4 is 22.9 Å². The van der Waals surface area contributed by atoms with Crippen LogP contribution in [-0.2, 0) is 4.79 Å². The van der Waals surface area contributed by atoms with Crippen LogP contribution in [0.4, 0.5) is 0 Å². The average Bonchev–Trinajstić information content (AvgIpc) is 3.33. The summed E-state index contributed by atoms with van der Waals surface area (Å²) in [5.74, 6) is 1.86. The van der Waals surface area contributed by atoms with Gasteiger partial charge >= 0.3 is 0 Å². The van der Waals surface area contributed by atoms with E-state index in [9.17, 15) is 9.90 Å². The molecule has 2 saturated heterocycles. The number of phenols is 1. The molecule has 3 heterocycles. The number of aromatic nitrogens is 1. The number of ether oxygens (including phenoxy) is 1. The maximum atomic E-state index is 12.7. The molecule has 2 aromatic carbocycles. The molecule has 0 radical (unpaired) electrons. The molecule has 3 aromatic rings. The molecule has 1 amide bonds. The maximum absolute atomic E-state index is 12.7. The number of aromatic hydroxyl groups is 1. The van der Waals surface area contributed by atoms with Crippen molar-refractivity contribution in [1.82, 2.24) is 14.8 Å². The predicted molar refractivity (Wildman–Crippen MR) is 140 cm³/mol. The number of hydrogen-bond acceptors (Lipinski definition) is 4. The van der Waals surface area contributed by atoms with E-state index in [1.807, 2.05) is 4.90 Å². The number of hydrogen-bond donors (Lipinski definition) is 2. The second-order valence-corrected chi connectivity index (χ2v) is 9.90. The fourth-order valence-electron chi connectivity index (χ4n) is 5.63. The number of carbonyl (C=O) groups excluding carboxylic acids is 1. The van der Waals surface area contributed by atoms with Crippen LogP contribution in [0.3, 0.4) is 0 Å². The highest BCUT2D eigenvalue weighted by atomic mass is 16.5. The van der Waals surface area contributed by atoms with E-state index in [1.165, 1.54) is 36.4 Å². The molecule has 0 bridgehead atoms. The highest BCUT2D eigenvalue weighted by Crippen LogP contribution is 2.34. The highest BCUT2D eigenvalue weighted by Gasteiger charge is 2.27. The molecular weight excluding hydrogens is 438 g/mol. The van der Waals surface area contributed by atoms with E-state index < -0.39 is 0 Å². The Balaban J connectivity index is 1.07. The van der Waals surface area contributed by atoms with Gasteiger partial charge in [-0.1, -0.05) is 24.3 Å². The third-order valence-corrected chi connectivity index (χ3v) is 7.71. The summed E-state index contributed by atoms with van der Waals surface area (Å²) in [7, 11) is 1.52. The van der Waals surface area contributed by atoms with Crippen molar-refractivity contribution in [1.29, 1.82) is 0 Å². The zero-order chi connectivity index (χ0) is 24.2. The van der Waals surface area contributed by atoms with Crippen molar-refractivity contribution in [3.05, 3.63) is 65.9 Å². The van der Waals surface area contributed by atoms with Crippen molar-refractivity contribution < 1.29 is 14.6 Å². The van der Waals surface area contributed by atoms with E-state index in [0.29, 0.717) is 17.6 Å². The Morgan fingerprint density at radius 3 is 2.63 bits per heavy atom. The monoisotopic (exact) mass is 473 g/mol. The second kappa shape index (κ2) is 10.6. The fraction of sp³-hybridized carbons (Fsp3) is 0.414. The first-order valence-electron chi connectivity index (χ1n) is 12.7. The molecule has 0 aliphatic carbocycles. The summed E-state index contributed by atoms with van der Waals surface area (Å²) in [6.45, 7) is 5.09. The standard InChI is InChI=1S/C29H35N3O3/c1-35-28-18-21(6-8-27(28)33)7-9-29(34)32-16-10-22(11-17-32)20-31-14-12-23(13-15-31)25-19-30-26-5-3-2-4-24(25)26/h2-9,18-19,22-23,30,33H,10-17,20H2,1H3/b9-7+. The number of amides is 1. The van der Waals surface area contributed by atoms with Crippen molar-refractivity contribution in [2.75, 3.05) is 39.8 Å². The summed E-state index contributed by atoms with van der Waals surface area (Å²) >= 11 is 0. The van der Waals surface area contributed by atoms with Crippen LogP contribution < -0.4 is 4.74 Å². The largest absolute Gasteiger partial charge is 0.504 e. The summed E-state index contributed by atoms with van der Waals surface area (Å²) in [6.07, 6.45) is 10.2. The van der Waals surface area contributed by atoms with Gasteiger partial charge in [0.15, 0.2) is 11.5 Å². The lowest BCUT2D eigenvalue weighted by atomic mass is 9.88. The van der Waals surface area contributed by atoms with E-state index in [0.717, 1.165) is 51.1 Å². The second-order valence-electron chi connectivity index (χ2n) is 9.90. The van der Waals surface area contributed by atoms with Gasteiger partial charge in [-0.25, -0.2) is 0 Å². The lowest BCUT2D eigenvalue weighted by molar-refractivity contribution is -0.127. The number of nitrogens with zero attached hydrogens (tertiary/aromatic N) is 2. The van der Waals surface area contributed by atoms with E-state index in [2.05, 4.69) is 40.3 Å². The number of H-pyrrole nitrogens is 1. The highest BCUT2D eigenvalue weighted by molar-refractivity contribution is 5.92. The van der Waals surface area contributed by atoms with Gasteiger partial charge < -0.3 is 24.6 Å². The summed E-state index contributed by atoms with van der Waals surface area (Å²) in [6, 6.07) is 13.7. The van der Waals surface area contributed by atoms with Gasteiger partial charge in [0.1, 0.15) is 0 Å². The summed E-state index contributed by atoms with van der Waals surface area (Å²) in [5.41, 5.74) is 3.55. The van der Waals surface area contributed by atoms with E-state index in [-0.39, 0.29) is 11.7 Å². The zero-order valence-corrected chi connectivity index (χ0v) is 20.5. The summed E-state index contributed by atoms with van der Waals surface area (Å²) in [4.78, 5) is 20.7. The quantitative estimate of drug-likeness (QED) is 0.494. The number of fused-ring (bicyclic) bond motifs is 1. The number of piperidine rings is 2.